The van der Waals surface area contributed by atoms with E-state index in [2.05, 4.69) is 10.3 Å². The summed E-state index contributed by atoms with van der Waals surface area (Å²) in [4.78, 5) is 14.8. The van der Waals surface area contributed by atoms with E-state index < -0.39 is 11.8 Å². The first-order valence-electron chi connectivity index (χ1n) is 5.69. The summed E-state index contributed by atoms with van der Waals surface area (Å²) in [6, 6.07) is 8.68. The van der Waals surface area contributed by atoms with Gasteiger partial charge in [0.05, 0.1) is 16.8 Å². The van der Waals surface area contributed by atoms with E-state index in [1.165, 1.54) is 12.1 Å². The van der Waals surface area contributed by atoms with Crippen molar-refractivity contribution in [3.05, 3.63) is 53.0 Å². The van der Waals surface area contributed by atoms with E-state index >= 15 is 0 Å². The van der Waals surface area contributed by atoms with Crippen molar-refractivity contribution in [1.29, 1.82) is 5.26 Å². The lowest BCUT2D eigenvalue weighted by atomic mass is 10.2. The zero-order chi connectivity index (χ0) is 14.7. The maximum atomic E-state index is 13.8. The van der Waals surface area contributed by atoms with Gasteiger partial charge in [-0.05, 0) is 37.3 Å². The molecule has 0 amide bonds. The molecule has 1 aromatic carbocycles. The molecule has 0 aliphatic rings. The number of anilines is 2. The molecule has 5 nitrogen and oxygen atoms in total. The monoisotopic (exact) mass is 271 g/mol. The summed E-state index contributed by atoms with van der Waals surface area (Å²) >= 11 is 0. The molecule has 2 aromatic rings. The fourth-order valence-corrected chi connectivity index (χ4v) is 1.62. The first-order valence-corrected chi connectivity index (χ1v) is 5.69. The molecule has 0 bridgehead atoms. The molecule has 0 spiro atoms. The van der Waals surface area contributed by atoms with Crippen LogP contribution in [0.3, 0.4) is 0 Å². The second-order valence-electron chi connectivity index (χ2n) is 4.09. The van der Waals surface area contributed by atoms with Crippen molar-refractivity contribution in [1.82, 2.24) is 4.98 Å². The SMILES string of the molecule is Cc1ccc(C#N)c(Nc2ccc(C(=O)O)cc2F)n1. The number of pyridine rings is 1. The molecule has 0 atom stereocenters. The van der Waals surface area contributed by atoms with Gasteiger partial charge < -0.3 is 10.4 Å². The second kappa shape index (κ2) is 5.36. The zero-order valence-electron chi connectivity index (χ0n) is 10.5. The third-order valence-corrected chi connectivity index (χ3v) is 2.62. The number of carboxylic acid groups (broad SMARTS) is 1. The van der Waals surface area contributed by atoms with Gasteiger partial charge in [-0.2, -0.15) is 5.26 Å². The highest BCUT2D eigenvalue weighted by molar-refractivity contribution is 5.88. The quantitative estimate of drug-likeness (QED) is 0.896. The predicted octanol–water partition coefficient (Wildman–Crippen LogP) is 2.84. The van der Waals surface area contributed by atoms with Gasteiger partial charge in [0.2, 0.25) is 0 Å². The molecule has 20 heavy (non-hydrogen) atoms. The number of carboxylic acids is 1. The van der Waals surface area contributed by atoms with E-state index in [-0.39, 0.29) is 22.6 Å². The molecule has 0 saturated heterocycles. The maximum absolute atomic E-state index is 13.8. The molecular formula is C14H10FN3O2. The van der Waals surface area contributed by atoms with Crippen molar-refractivity contribution in [2.45, 2.75) is 6.92 Å². The van der Waals surface area contributed by atoms with Crippen LogP contribution < -0.4 is 5.32 Å². The molecule has 2 rings (SSSR count). The van der Waals surface area contributed by atoms with Gasteiger partial charge in [-0.15, -0.1) is 0 Å². The number of hydrogen-bond acceptors (Lipinski definition) is 4. The van der Waals surface area contributed by atoms with Crippen molar-refractivity contribution in [2.75, 3.05) is 5.32 Å². The lowest BCUT2D eigenvalue weighted by molar-refractivity contribution is 0.0696. The van der Waals surface area contributed by atoms with E-state index in [4.69, 9.17) is 10.4 Å². The number of nitriles is 1. The minimum Gasteiger partial charge on any atom is -0.478 e. The molecule has 0 unspecified atom stereocenters. The van der Waals surface area contributed by atoms with Crippen LogP contribution in [0.1, 0.15) is 21.6 Å². The molecule has 0 saturated carbocycles. The highest BCUT2D eigenvalue weighted by Gasteiger charge is 2.11. The Bertz CT molecular complexity index is 723. The Balaban J connectivity index is 2.38. The van der Waals surface area contributed by atoms with Crippen LogP contribution in [-0.4, -0.2) is 16.1 Å². The smallest absolute Gasteiger partial charge is 0.335 e. The number of hydrogen-bond donors (Lipinski definition) is 2. The summed E-state index contributed by atoms with van der Waals surface area (Å²) in [5.41, 5.74) is 0.863. The number of aromatic carboxylic acids is 1. The predicted molar refractivity (Wildman–Crippen MR) is 70.3 cm³/mol. The number of aryl methyl sites for hydroxylation is 1. The Hall–Kier alpha value is -2.94. The van der Waals surface area contributed by atoms with Crippen molar-refractivity contribution in [3.63, 3.8) is 0 Å². The number of aromatic nitrogens is 1. The molecule has 1 aromatic heterocycles. The molecule has 0 radical (unpaired) electrons. The largest absolute Gasteiger partial charge is 0.478 e. The standard InChI is InChI=1S/C14H10FN3O2/c1-8-2-3-10(7-16)13(17-8)18-12-5-4-9(14(19)20)6-11(12)15/h2-6H,1H3,(H,17,18)(H,19,20). The summed E-state index contributed by atoms with van der Waals surface area (Å²) < 4.78 is 13.8. The number of nitrogens with one attached hydrogen (secondary N) is 1. The highest BCUT2D eigenvalue weighted by Crippen LogP contribution is 2.22. The Morgan fingerprint density at radius 1 is 1.40 bits per heavy atom. The average Bonchev–Trinajstić information content (AvgIpc) is 2.41. The van der Waals surface area contributed by atoms with Crippen LogP contribution in [-0.2, 0) is 0 Å². The lowest BCUT2D eigenvalue weighted by Crippen LogP contribution is -2.02. The van der Waals surface area contributed by atoms with Gasteiger partial charge in [-0.3, -0.25) is 0 Å². The van der Waals surface area contributed by atoms with Crippen molar-refractivity contribution < 1.29 is 14.3 Å². The van der Waals surface area contributed by atoms with Gasteiger partial charge in [0.1, 0.15) is 17.7 Å². The highest BCUT2D eigenvalue weighted by atomic mass is 19.1. The molecular weight excluding hydrogens is 261 g/mol. The Kier molecular flexibility index (Phi) is 3.62. The number of halogens is 1. The summed E-state index contributed by atoms with van der Waals surface area (Å²) in [5, 5.41) is 20.4. The topological polar surface area (TPSA) is 86.0 Å². The van der Waals surface area contributed by atoms with Crippen LogP contribution in [0.5, 0.6) is 0 Å². The van der Waals surface area contributed by atoms with Crippen molar-refractivity contribution >= 4 is 17.5 Å². The average molecular weight is 271 g/mol. The Labute approximate surface area is 114 Å². The lowest BCUT2D eigenvalue weighted by Gasteiger charge is -2.09. The number of nitrogens with zero attached hydrogens (tertiary/aromatic N) is 2. The van der Waals surface area contributed by atoms with Crippen LogP contribution in [0.2, 0.25) is 0 Å². The molecule has 0 aliphatic heterocycles. The van der Waals surface area contributed by atoms with Gasteiger partial charge in [0, 0.05) is 5.69 Å². The number of rotatable bonds is 3. The summed E-state index contributed by atoms with van der Waals surface area (Å²) in [6.07, 6.45) is 0. The molecule has 2 N–H and O–H groups in total. The fourth-order valence-electron chi connectivity index (χ4n) is 1.62. The Morgan fingerprint density at radius 3 is 2.75 bits per heavy atom. The second-order valence-corrected chi connectivity index (χ2v) is 4.09. The molecule has 0 fully saturated rings. The number of benzene rings is 1. The van der Waals surface area contributed by atoms with Crippen molar-refractivity contribution in [3.8, 4) is 6.07 Å². The van der Waals surface area contributed by atoms with Gasteiger partial charge >= 0.3 is 5.97 Å². The van der Waals surface area contributed by atoms with Crippen LogP contribution >= 0.6 is 0 Å². The van der Waals surface area contributed by atoms with Gasteiger partial charge in [0.25, 0.3) is 0 Å². The fraction of sp³-hybridized carbons (Fsp3) is 0.0714. The van der Waals surface area contributed by atoms with Crippen LogP contribution in [0.25, 0.3) is 0 Å². The molecule has 1 heterocycles. The van der Waals surface area contributed by atoms with Crippen LogP contribution in [0.4, 0.5) is 15.9 Å². The first-order chi connectivity index (χ1) is 9.51. The first kappa shape index (κ1) is 13.5. The van der Waals surface area contributed by atoms with E-state index in [9.17, 15) is 9.18 Å². The van der Waals surface area contributed by atoms with E-state index in [1.807, 2.05) is 6.07 Å². The third-order valence-electron chi connectivity index (χ3n) is 2.62. The maximum Gasteiger partial charge on any atom is 0.335 e. The van der Waals surface area contributed by atoms with E-state index in [0.29, 0.717) is 5.69 Å². The zero-order valence-corrected chi connectivity index (χ0v) is 10.5. The Morgan fingerprint density at radius 2 is 2.15 bits per heavy atom. The van der Waals surface area contributed by atoms with Gasteiger partial charge in [-0.25, -0.2) is 14.2 Å². The molecule has 6 heteroatoms. The van der Waals surface area contributed by atoms with Crippen molar-refractivity contribution in [2.24, 2.45) is 0 Å². The number of carbonyl (C=O) groups is 1. The van der Waals surface area contributed by atoms with Crippen LogP contribution in [0.15, 0.2) is 30.3 Å². The van der Waals surface area contributed by atoms with E-state index in [0.717, 1.165) is 6.07 Å². The summed E-state index contributed by atoms with van der Waals surface area (Å²) in [7, 11) is 0. The minimum atomic E-state index is -1.21. The normalized spacial score (nSPS) is 9.85. The van der Waals surface area contributed by atoms with Gasteiger partial charge in [-0.1, -0.05) is 0 Å². The summed E-state index contributed by atoms with van der Waals surface area (Å²) in [5.74, 6) is -1.70. The minimum absolute atomic E-state index is 0.0598. The molecule has 0 aliphatic carbocycles. The van der Waals surface area contributed by atoms with Crippen LogP contribution in [0, 0.1) is 24.1 Å². The molecule has 100 valence electrons. The van der Waals surface area contributed by atoms with E-state index in [1.54, 1.807) is 19.1 Å². The van der Waals surface area contributed by atoms with Gasteiger partial charge in [0.15, 0.2) is 0 Å². The third kappa shape index (κ3) is 2.72. The summed E-state index contributed by atoms with van der Waals surface area (Å²) in [6.45, 7) is 1.75.